The summed E-state index contributed by atoms with van der Waals surface area (Å²) in [6.45, 7) is 6.07. The largest absolute Gasteiger partial charge is 0.598 e. The molecule has 0 radical (unpaired) electrons. The van der Waals surface area contributed by atoms with Crippen LogP contribution in [0.4, 0.5) is 0 Å². The van der Waals surface area contributed by atoms with Crippen LogP contribution in [0.1, 0.15) is 87.9 Å². The lowest BCUT2D eigenvalue weighted by atomic mass is 9.66. The Morgan fingerprint density at radius 3 is 2.68 bits per heavy atom. The quantitative estimate of drug-likeness (QED) is 0.337. The third-order valence-corrected chi connectivity index (χ3v) is 10.4. The summed E-state index contributed by atoms with van der Waals surface area (Å²) in [6, 6.07) is 8.77. The lowest BCUT2D eigenvalue weighted by Crippen LogP contribution is -2.46. The minimum absolute atomic E-state index is 0.0262. The molecule has 0 amide bonds. The number of carbonyl (C=O) groups is 1. The number of carbonyl (C=O) groups excluding carboxylic acids is 1. The van der Waals surface area contributed by atoms with Gasteiger partial charge in [0.15, 0.2) is 0 Å². The van der Waals surface area contributed by atoms with E-state index >= 15 is 0 Å². The summed E-state index contributed by atoms with van der Waals surface area (Å²) in [5, 5.41) is 0. The van der Waals surface area contributed by atoms with E-state index in [0.29, 0.717) is 11.5 Å². The van der Waals surface area contributed by atoms with Crippen LogP contribution < -0.4 is 10.3 Å². The van der Waals surface area contributed by atoms with Crippen LogP contribution in [0.25, 0.3) is 0 Å². The van der Waals surface area contributed by atoms with E-state index in [1.807, 2.05) is 20.8 Å². The Labute approximate surface area is 229 Å². The summed E-state index contributed by atoms with van der Waals surface area (Å²) in [6.07, 6.45) is 10.6. The predicted molar refractivity (Wildman–Crippen MR) is 151 cm³/mol. The number of benzene rings is 1. The van der Waals surface area contributed by atoms with E-state index in [9.17, 15) is 14.1 Å². The van der Waals surface area contributed by atoms with Gasteiger partial charge in [0.1, 0.15) is 22.4 Å². The number of aryl methyl sites for hydroxylation is 1. The Morgan fingerprint density at radius 1 is 1.26 bits per heavy atom. The van der Waals surface area contributed by atoms with E-state index < -0.39 is 11.4 Å². The summed E-state index contributed by atoms with van der Waals surface area (Å²) in [4.78, 5) is 28.2. The molecule has 1 heterocycles. The molecule has 2 fully saturated rings. The number of aromatic nitrogens is 2. The van der Waals surface area contributed by atoms with Crippen molar-refractivity contribution in [2.24, 2.45) is 30.2 Å². The molecule has 38 heavy (non-hydrogen) atoms. The first-order chi connectivity index (χ1) is 18.1. The molecule has 2 saturated carbocycles. The lowest BCUT2D eigenvalue weighted by Gasteiger charge is -2.42. The fourth-order valence-corrected chi connectivity index (χ4v) is 7.14. The van der Waals surface area contributed by atoms with Gasteiger partial charge in [-0.2, -0.15) is 0 Å². The van der Waals surface area contributed by atoms with Crippen LogP contribution in [0.15, 0.2) is 35.3 Å². The van der Waals surface area contributed by atoms with Crippen molar-refractivity contribution in [3.05, 3.63) is 63.3 Å². The Hall–Kier alpha value is -2.40. The average molecular weight is 534 g/mol. The Bertz CT molecular complexity index is 1310. The normalized spacial score (nSPS) is 28.9. The molecule has 3 aliphatic rings. The van der Waals surface area contributed by atoms with E-state index in [0.717, 1.165) is 63.5 Å². The fourth-order valence-electron chi connectivity index (χ4n) is 6.20. The topological polar surface area (TPSA) is 87.0 Å². The van der Waals surface area contributed by atoms with Gasteiger partial charge in [-0.15, -0.1) is 4.72 Å². The maximum atomic E-state index is 13.1. The smallest absolute Gasteiger partial charge is 0.268 e. The highest BCUT2D eigenvalue weighted by Crippen LogP contribution is 2.55. The van der Waals surface area contributed by atoms with Gasteiger partial charge < -0.3 is 9.35 Å². The molecule has 6 nitrogen and oxygen atoms in total. The monoisotopic (exact) mass is 533 g/mol. The van der Waals surface area contributed by atoms with Gasteiger partial charge in [0.25, 0.3) is 5.56 Å². The maximum Gasteiger partial charge on any atom is 0.268 e. The van der Waals surface area contributed by atoms with Crippen LogP contribution in [0.5, 0.6) is 0 Å². The minimum Gasteiger partial charge on any atom is -0.598 e. The van der Waals surface area contributed by atoms with Crippen LogP contribution in [0.2, 0.25) is 0 Å². The molecule has 0 bridgehead atoms. The van der Waals surface area contributed by atoms with E-state index in [4.69, 9.17) is 0 Å². The van der Waals surface area contributed by atoms with Crippen LogP contribution in [-0.2, 0) is 36.0 Å². The van der Waals surface area contributed by atoms with E-state index in [2.05, 4.69) is 45.8 Å². The van der Waals surface area contributed by atoms with Crippen molar-refractivity contribution in [3.8, 4) is 11.8 Å². The van der Waals surface area contributed by atoms with Crippen LogP contribution in [0.3, 0.4) is 0 Å². The Kier molecular flexibility index (Phi) is 7.61. The standard InChI is InChI=1S/C31H39N3O3S/c1-30(2,3)38(37)33-28-26-8-6-5-7-23(26)18-31(28)15-13-21(14-16-31)9-12-27-32-19-24(29(36)34(27)4)11-10-22-17-25(22)20-35/h5-8,19-22,25,28,33H,9,12-18H2,1-4H3/t21?,22?,25?,28-,31?,38?/m0/s1. The molecule has 1 N–H and O–H groups in total. The van der Waals surface area contributed by atoms with Crippen LogP contribution in [0, 0.1) is 35.0 Å². The summed E-state index contributed by atoms with van der Waals surface area (Å²) in [7, 11) is 1.78. The number of hydrogen-bond donors (Lipinski definition) is 1. The van der Waals surface area contributed by atoms with Crippen molar-refractivity contribution in [3.63, 3.8) is 0 Å². The summed E-state index contributed by atoms with van der Waals surface area (Å²) in [5.74, 6) is 7.48. The summed E-state index contributed by atoms with van der Waals surface area (Å²) < 4.78 is 18.0. The summed E-state index contributed by atoms with van der Waals surface area (Å²) in [5.41, 5.74) is 3.10. The number of nitrogens with one attached hydrogen (secondary N) is 1. The number of nitrogens with zero attached hydrogens (tertiary/aromatic N) is 2. The first-order valence-corrected chi connectivity index (χ1v) is 15.0. The zero-order valence-corrected chi connectivity index (χ0v) is 23.8. The number of rotatable bonds is 6. The van der Waals surface area contributed by atoms with Crippen molar-refractivity contribution in [2.45, 2.75) is 82.9 Å². The number of fused-ring (bicyclic) bond motifs is 1. The SMILES string of the molecule is Cn1c(CCC2CCC3(CC2)Cc2ccccc2[C@@H]3N[S+]([O-])C(C)(C)C)ncc(C#CC2CC2C=O)c1=O. The Balaban J connectivity index is 1.22. The molecule has 7 heteroatoms. The van der Waals surface area contributed by atoms with Gasteiger partial charge in [-0.25, -0.2) is 4.98 Å². The molecule has 202 valence electrons. The highest BCUT2D eigenvalue weighted by molar-refractivity contribution is 7.90. The predicted octanol–water partition coefficient (Wildman–Crippen LogP) is 4.43. The Morgan fingerprint density at radius 2 is 2.00 bits per heavy atom. The van der Waals surface area contributed by atoms with Crippen LogP contribution >= 0.6 is 0 Å². The van der Waals surface area contributed by atoms with Gasteiger partial charge in [-0.3, -0.25) is 9.36 Å². The number of hydrogen-bond acceptors (Lipinski definition) is 5. The maximum absolute atomic E-state index is 13.1. The molecule has 2 aromatic rings. The molecule has 0 saturated heterocycles. The molecule has 3 unspecified atom stereocenters. The van der Waals surface area contributed by atoms with Gasteiger partial charge >= 0.3 is 0 Å². The molecule has 0 aliphatic heterocycles. The van der Waals surface area contributed by atoms with Gasteiger partial charge in [0, 0.05) is 36.7 Å². The third-order valence-electron chi connectivity index (χ3n) is 8.85. The highest BCUT2D eigenvalue weighted by atomic mass is 32.2. The van der Waals surface area contributed by atoms with Crippen molar-refractivity contribution in [2.75, 3.05) is 0 Å². The van der Waals surface area contributed by atoms with Crippen molar-refractivity contribution < 1.29 is 9.35 Å². The van der Waals surface area contributed by atoms with Crippen molar-refractivity contribution in [1.29, 1.82) is 0 Å². The van der Waals surface area contributed by atoms with Gasteiger partial charge in [-0.1, -0.05) is 36.1 Å². The molecule has 4 atom stereocenters. The summed E-state index contributed by atoms with van der Waals surface area (Å²) >= 11 is -1.13. The minimum atomic E-state index is -1.13. The third kappa shape index (κ3) is 5.50. The molecule has 1 spiro atoms. The average Bonchev–Trinajstić information content (AvgIpc) is 3.60. The second-order valence-electron chi connectivity index (χ2n) is 12.5. The second-order valence-corrected chi connectivity index (χ2v) is 14.5. The van der Waals surface area contributed by atoms with E-state index in [-0.39, 0.29) is 33.6 Å². The van der Waals surface area contributed by atoms with Gasteiger partial charge in [0.2, 0.25) is 0 Å². The molecule has 5 rings (SSSR count). The number of aldehydes is 1. The highest BCUT2D eigenvalue weighted by Gasteiger charge is 2.50. The first-order valence-electron chi connectivity index (χ1n) is 13.9. The van der Waals surface area contributed by atoms with Gasteiger partial charge in [-0.05, 0) is 88.2 Å². The zero-order chi connectivity index (χ0) is 27.1. The molecule has 1 aromatic heterocycles. The van der Waals surface area contributed by atoms with E-state index in [1.165, 1.54) is 11.1 Å². The molecule has 1 aromatic carbocycles. The van der Waals surface area contributed by atoms with E-state index in [1.54, 1.807) is 17.8 Å². The van der Waals surface area contributed by atoms with Crippen molar-refractivity contribution in [1.82, 2.24) is 14.3 Å². The second kappa shape index (κ2) is 10.6. The lowest BCUT2D eigenvalue weighted by molar-refractivity contribution is -0.108. The molecular formula is C31H39N3O3S. The zero-order valence-electron chi connectivity index (χ0n) is 23.0. The first kappa shape index (κ1) is 27.2. The molecule has 3 aliphatic carbocycles. The van der Waals surface area contributed by atoms with Gasteiger partial charge in [0.05, 0.1) is 12.2 Å². The fraction of sp³-hybridized carbons (Fsp3) is 0.581. The molecular weight excluding hydrogens is 494 g/mol. The van der Waals surface area contributed by atoms with Crippen molar-refractivity contribution >= 4 is 17.6 Å². The van der Waals surface area contributed by atoms with Crippen LogP contribution in [-0.4, -0.2) is 25.1 Å².